The number of aliphatic hydroxyl groups excluding tert-OH is 1. The largest absolute Gasteiger partial charge is 0.472 e. The first-order chi connectivity index (χ1) is 46.0. The fourth-order valence-electron chi connectivity index (χ4n) is 11.7. The molecular formula is C76H148O17P2. The van der Waals surface area contributed by atoms with Crippen LogP contribution < -0.4 is 0 Å². The molecule has 0 aliphatic heterocycles. The molecule has 19 heteroatoms. The molecule has 95 heavy (non-hydrogen) atoms. The van der Waals surface area contributed by atoms with E-state index in [1.807, 2.05) is 0 Å². The van der Waals surface area contributed by atoms with E-state index in [2.05, 4.69) is 34.6 Å². The first-order valence-corrected chi connectivity index (χ1v) is 42.6. The summed E-state index contributed by atoms with van der Waals surface area (Å²) < 4.78 is 68.5. The average molecular weight is 1400 g/mol. The molecule has 2 unspecified atom stereocenters. The molecule has 17 nitrogen and oxygen atoms in total. The van der Waals surface area contributed by atoms with Gasteiger partial charge in [-0.05, 0) is 31.6 Å². The van der Waals surface area contributed by atoms with Crippen LogP contribution in [0, 0.1) is 5.92 Å². The lowest BCUT2D eigenvalue weighted by Crippen LogP contribution is -2.30. The number of esters is 4. The fourth-order valence-corrected chi connectivity index (χ4v) is 13.3. The zero-order chi connectivity index (χ0) is 69.8. The van der Waals surface area contributed by atoms with Gasteiger partial charge in [-0.2, -0.15) is 0 Å². The molecular weight excluding hydrogens is 1250 g/mol. The van der Waals surface area contributed by atoms with Crippen molar-refractivity contribution in [2.45, 2.75) is 419 Å². The van der Waals surface area contributed by atoms with E-state index in [4.69, 9.17) is 37.0 Å². The Morgan fingerprint density at radius 3 is 0.716 bits per heavy atom. The number of hydrogen-bond donors (Lipinski definition) is 3. The van der Waals surface area contributed by atoms with E-state index in [0.29, 0.717) is 25.7 Å². The first kappa shape index (κ1) is 93.1. The third kappa shape index (κ3) is 70.3. The Morgan fingerprint density at radius 2 is 0.484 bits per heavy atom. The number of unbranched alkanes of at least 4 members (excludes halogenated alkanes) is 48. The molecule has 564 valence electrons. The molecule has 0 aliphatic carbocycles. The number of carbonyl (C=O) groups excluding carboxylic acids is 4. The Labute approximate surface area is 581 Å². The van der Waals surface area contributed by atoms with Gasteiger partial charge in [0.25, 0.3) is 0 Å². The summed E-state index contributed by atoms with van der Waals surface area (Å²) in [5.74, 6) is -1.39. The van der Waals surface area contributed by atoms with Crippen molar-refractivity contribution in [2.24, 2.45) is 5.92 Å². The minimum Gasteiger partial charge on any atom is -0.462 e. The summed E-state index contributed by atoms with van der Waals surface area (Å²) in [5.41, 5.74) is 0. The lowest BCUT2D eigenvalue weighted by atomic mass is 10.0. The number of phosphoric ester groups is 2. The molecule has 0 amide bonds. The molecule has 0 rings (SSSR count). The van der Waals surface area contributed by atoms with Gasteiger partial charge in [0.15, 0.2) is 12.2 Å². The number of rotatable bonds is 76. The van der Waals surface area contributed by atoms with Gasteiger partial charge in [0.05, 0.1) is 26.4 Å². The highest BCUT2D eigenvalue weighted by molar-refractivity contribution is 7.47. The quantitative estimate of drug-likeness (QED) is 0.0222. The predicted octanol–water partition coefficient (Wildman–Crippen LogP) is 22.5. The molecule has 0 aliphatic rings. The van der Waals surface area contributed by atoms with Crippen molar-refractivity contribution in [3.8, 4) is 0 Å². The number of hydrogen-bond acceptors (Lipinski definition) is 15. The zero-order valence-corrected chi connectivity index (χ0v) is 63.6. The first-order valence-electron chi connectivity index (χ1n) is 39.6. The Morgan fingerprint density at radius 1 is 0.284 bits per heavy atom. The summed E-state index contributed by atoms with van der Waals surface area (Å²) in [6, 6.07) is 0. The van der Waals surface area contributed by atoms with E-state index in [0.717, 1.165) is 95.8 Å². The Kier molecular flexibility index (Phi) is 67.7. The summed E-state index contributed by atoms with van der Waals surface area (Å²) in [5, 5.41) is 10.6. The number of aliphatic hydroxyl groups is 1. The van der Waals surface area contributed by atoms with Crippen molar-refractivity contribution in [3.63, 3.8) is 0 Å². The molecule has 3 N–H and O–H groups in total. The maximum atomic E-state index is 13.1. The molecule has 0 saturated heterocycles. The highest BCUT2D eigenvalue weighted by Gasteiger charge is 2.30. The second-order valence-electron chi connectivity index (χ2n) is 27.9. The van der Waals surface area contributed by atoms with Crippen LogP contribution in [0.25, 0.3) is 0 Å². The van der Waals surface area contributed by atoms with Gasteiger partial charge in [-0.15, -0.1) is 0 Å². The minimum absolute atomic E-state index is 0.107. The van der Waals surface area contributed by atoms with E-state index >= 15 is 0 Å². The van der Waals surface area contributed by atoms with Crippen molar-refractivity contribution in [1.29, 1.82) is 0 Å². The third-order valence-corrected chi connectivity index (χ3v) is 19.7. The van der Waals surface area contributed by atoms with Crippen molar-refractivity contribution in [1.82, 2.24) is 0 Å². The number of phosphoric acid groups is 2. The van der Waals surface area contributed by atoms with E-state index in [1.165, 1.54) is 225 Å². The van der Waals surface area contributed by atoms with Crippen molar-refractivity contribution < 1.29 is 80.2 Å². The molecule has 0 aromatic heterocycles. The molecule has 0 saturated carbocycles. The molecule has 0 bridgehead atoms. The highest BCUT2D eigenvalue weighted by Crippen LogP contribution is 2.45. The Bertz CT molecular complexity index is 1820. The smallest absolute Gasteiger partial charge is 0.462 e. The maximum absolute atomic E-state index is 13.1. The number of carbonyl (C=O) groups is 4. The van der Waals surface area contributed by atoms with E-state index in [1.54, 1.807) is 0 Å². The average Bonchev–Trinajstić information content (AvgIpc) is 2.53. The second-order valence-corrected chi connectivity index (χ2v) is 30.8. The van der Waals surface area contributed by atoms with E-state index in [-0.39, 0.29) is 25.7 Å². The lowest BCUT2D eigenvalue weighted by molar-refractivity contribution is -0.161. The summed E-state index contributed by atoms with van der Waals surface area (Å²) >= 11 is 0. The molecule has 0 radical (unpaired) electrons. The topological polar surface area (TPSA) is 237 Å². The second kappa shape index (κ2) is 69.2. The van der Waals surface area contributed by atoms with Gasteiger partial charge in [0, 0.05) is 25.7 Å². The zero-order valence-electron chi connectivity index (χ0n) is 61.8. The van der Waals surface area contributed by atoms with Crippen LogP contribution in [-0.2, 0) is 65.4 Å². The molecule has 0 aromatic rings. The highest BCUT2D eigenvalue weighted by atomic mass is 31.2. The van der Waals surface area contributed by atoms with Crippen LogP contribution in [0.5, 0.6) is 0 Å². The van der Waals surface area contributed by atoms with Crippen LogP contribution in [0.2, 0.25) is 0 Å². The molecule has 0 spiro atoms. The van der Waals surface area contributed by atoms with Gasteiger partial charge in [-0.25, -0.2) is 9.13 Å². The summed E-state index contributed by atoms with van der Waals surface area (Å²) in [7, 11) is -9.91. The Balaban J connectivity index is 5.23. The van der Waals surface area contributed by atoms with Crippen LogP contribution in [0.15, 0.2) is 0 Å². The van der Waals surface area contributed by atoms with Gasteiger partial charge < -0.3 is 33.8 Å². The van der Waals surface area contributed by atoms with Crippen LogP contribution in [0.3, 0.4) is 0 Å². The molecule has 0 aromatic carbocycles. The predicted molar refractivity (Wildman–Crippen MR) is 386 cm³/mol. The van der Waals surface area contributed by atoms with Gasteiger partial charge in [-0.1, -0.05) is 349 Å². The van der Waals surface area contributed by atoms with Crippen LogP contribution in [0.1, 0.15) is 401 Å². The van der Waals surface area contributed by atoms with Crippen molar-refractivity contribution in [3.05, 3.63) is 0 Å². The Hall–Kier alpha value is -1.94. The van der Waals surface area contributed by atoms with Crippen LogP contribution in [0.4, 0.5) is 0 Å². The molecule has 5 atom stereocenters. The SMILES string of the molecule is CCCCCCCCCCCCCCCCCCCCCC(=O)O[C@H](COC(=O)CCCCCCCCCCCCCCC)COP(=O)(O)OC[C@@H](O)COP(=O)(O)OC[C@@H](COC(=O)CCCCCCCCCCC(C)C)OC(=O)CCCCCCCCCCCCCC. The standard InChI is InChI=1S/C76H148O17P2/c1-6-9-12-15-18-21-24-27-28-29-30-31-32-34-37-40-47-52-57-62-76(81)92-71(65-86-73(78)59-54-49-44-38-36-33-25-22-19-16-13-10-7-2)67-90-94(82,83)88-63-70(77)64-89-95(84,85)91-68-72(66-87-74(79)60-55-50-45-42-41-43-48-53-58-69(4)5)93-75(80)61-56-51-46-39-35-26-23-20-17-14-11-8-3/h69-72,77H,6-68H2,1-5H3,(H,82,83)(H,84,85)/t70-,71-,72-/m1/s1. The lowest BCUT2D eigenvalue weighted by Gasteiger charge is -2.21. The van der Waals surface area contributed by atoms with Crippen molar-refractivity contribution in [2.75, 3.05) is 39.6 Å². The maximum Gasteiger partial charge on any atom is 0.472 e. The monoisotopic (exact) mass is 1400 g/mol. The van der Waals surface area contributed by atoms with Crippen LogP contribution in [-0.4, -0.2) is 96.7 Å². The van der Waals surface area contributed by atoms with Crippen molar-refractivity contribution >= 4 is 39.5 Å². The van der Waals surface area contributed by atoms with Gasteiger partial charge in [0.2, 0.25) is 0 Å². The number of ether oxygens (including phenoxy) is 4. The minimum atomic E-state index is -4.96. The van der Waals surface area contributed by atoms with E-state index in [9.17, 15) is 43.2 Å². The summed E-state index contributed by atoms with van der Waals surface area (Å²) in [6.45, 7) is 7.26. The van der Waals surface area contributed by atoms with Gasteiger partial charge in [0.1, 0.15) is 19.3 Å². The molecule has 0 fully saturated rings. The molecule has 0 heterocycles. The summed E-state index contributed by atoms with van der Waals surface area (Å²) in [6.07, 6.45) is 58.2. The van der Waals surface area contributed by atoms with Gasteiger partial charge >= 0.3 is 39.5 Å². The third-order valence-electron chi connectivity index (χ3n) is 17.8. The fraction of sp³-hybridized carbons (Fsp3) is 0.947. The summed E-state index contributed by atoms with van der Waals surface area (Å²) in [4.78, 5) is 72.8. The van der Waals surface area contributed by atoms with Gasteiger partial charge in [-0.3, -0.25) is 37.3 Å². The van der Waals surface area contributed by atoms with E-state index < -0.39 is 97.5 Å². The van der Waals surface area contributed by atoms with Crippen LogP contribution >= 0.6 is 15.6 Å². The normalized spacial score (nSPS) is 13.9.